The standard InChI is InChI=1S/C17H24N2O/c1-11-9-19(10-12(11)2)15(8-18)17-13(3)20-16-7-5-4-6-14(16)17/h4-7,11-12,15H,8-10,18H2,1-3H3. The van der Waals surface area contributed by atoms with Gasteiger partial charge in [-0.15, -0.1) is 0 Å². The van der Waals surface area contributed by atoms with Crippen molar-refractivity contribution in [2.75, 3.05) is 19.6 Å². The van der Waals surface area contributed by atoms with Crippen LogP contribution in [-0.2, 0) is 0 Å². The molecule has 0 radical (unpaired) electrons. The molecule has 3 atom stereocenters. The molecule has 1 saturated heterocycles. The third-order valence-corrected chi connectivity index (χ3v) is 4.83. The quantitative estimate of drug-likeness (QED) is 0.932. The van der Waals surface area contributed by atoms with Gasteiger partial charge in [0.2, 0.25) is 0 Å². The average Bonchev–Trinajstić information content (AvgIpc) is 2.92. The van der Waals surface area contributed by atoms with Crippen molar-refractivity contribution in [2.24, 2.45) is 17.6 Å². The molecule has 0 saturated carbocycles. The van der Waals surface area contributed by atoms with Crippen LogP contribution >= 0.6 is 0 Å². The summed E-state index contributed by atoms with van der Waals surface area (Å²) in [6.45, 7) is 9.62. The fourth-order valence-electron chi connectivity index (χ4n) is 3.48. The van der Waals surface area contributed by atoms with Crippen LogP contribution in [0.15, 0.2) is 28.7 Å². The molecule has 1 aliphatic heterocycles. The molecule has 0 amide bonds. The third-order valence-electron chi connectivity index (χ3n) is 4.83. The van der Waals surface area contributed by atoms with Gasteiger partial charge in [0.25, 0.3) is 0 Å². The summed E-state index contributed by atoms with van der Waals surface area (Å²) in [6, 6.07) is 8.54. The van der Waals surface area contributed by atoms with Crippen molar-refractivity contribution < 1.29 is 4.42 Å². The van der Waals surface area contributed by atoms with Gasteiger partial charge in [-0.1, -0.05) is 32.0 Å². The van der Waals surface area contributed by atoms with Gasteiger partial charge in [-0.25, -0.2) is 0 Å². The Bertz CT molecular complexity index is 594. The Balaban J connectivity index is 2.01. The second kappa shape index (κ2) is 5.23. The molecular formula is C17H24N2O. The zero-order valence-corrected chi connectivity index (χ0v) is 12.6. The Kier molecular flexibility index (Phi) is 3.57. The monoisotopic (exact) mass is 272 g/mol. The number of para-hydroxylation sites is 1. The van der Waals surface area contributed by atoms with E-state index in [2.05, 4.69) is 37.8 Å². The highest BCUT2D eigenvalue weighted by molar-refractivity contribution is 5.82. The number of nitrogens with zero attached hydrogens (tertiary/aromatic N) is 1. The summed E-state index contributed by atoms with van der Waals surface area (Å²) in [7, 11) is 0. The highest BCUT2D eigenvalue weighted by atomic mass is 16.3. The van der Waals surface area contributed by atoms with Crippen molar-refractivity contribution in [3.8, 4) is 0 Å². The molecule has 3 rings (SSSR count). The molecule has 2 N–H and O–H groups in total. The van der Waals surface area contributed by atoms with Crippen LogP contribution in [0.1, 0.15) is 31.2 Å². The lowest BCUT2D eigenvalue weighted by Gasteiger charge is -2.27. The molecule has 3 unspecified atom stereocenters. The number of likely N-dealkylation sites (tertiary alicyclic amines) is 1. The summed E-state index contributed by atoms with van der Waals surface area (Å²) in [6.07, 6.45) is 0. The first-order valence-corrected chi connectivity index (χ1v) is 7.54. The van der Waals surface area contributed by atoms with Gasteiger partial charge >= 0.3 is 0 Å². The number of furan rings is 1. The van der Waals surface area contributed by atoms with E-state index in [1.165, 1.54) is 10.9 Å². The van der Waals surface area contributed by atoms with Gasteiger partial charge in [0.05, 0.1) is 6.04 Å². The predicted octanol–water partition coefficient (Wildman–Crippen LogP) is 3.33. The lowest BCUT2D eigenvalue weighted by Crippen LogP contribution is -2.32. The van der Waals surface area contributed by atoms with Crippen molar-refractivity contribution in [1.29, 1.82) is 0 Å². The molecule has 3 heteroatoms. The van der Waals surface area contributed by atoms with Crippen molar-refractivity contribution in [3.63, 3.8) is 0 Å². The zero-order valence-electron chi connectivity index (χ0n) is 12.6. The number of rotatable bonds is 3. The first-order valence-electron chi connectivity index (χ1n) is 7.54. The maximum atomic E-state index is 6.11. The molecule has 3 nitrogen and oxygen atoms in total. The summed E-state index contributed by atoms with van der Waals surface area (Å²) >= 11 is 0. The molecule has 20 heavy (non-hydrogen) atoms. The maximum absolute atomic E-state index is 6.11. The number of nitrogens with two attached hydrogens (primary N) is 1. The number of aryl methyl sites for hydroxylation is 1. The second-order valence-electron chi connectivity index (χ2n) is 6.23. The second-order valence-corrected chi connectivity index (χ2v) is 6.23. The van der Waals surface area contributed by atoms with E-state index in [-0.39, 0.29) is 6.04 Å². The minimum Gasteiger partial charge on any atom is -0.461 e. The fraction of sp³-hybridized carbons (Fsp3) is 0.529. The fourth-order valence-corrected chi connectivity index (χ4v) is 3.48. The highest BCUT2D eigenvalue weighted by Gasteiger charge is 2.33. The van der Waals surface area contributed by atoms with Gasteiger partial charge in [0.15, 0.2) is 0 Å². The SMILES string of the molecule is Cc1oc2ccccc2c1C(CN)N1CC(C)C(C)C1. The molecule has 1 aromatic carbocycles. The van der Waals surface area contributed by atoms with E-state index in [0.717, 1.165) is 36.3 Å². The molecule has 108 valence electrons. The van der Waals surface area contributed by atoms with Crippen LogP contribution in [0.25, 0.3) is 11.0 Å². The van der Waals surface area contributed by atoms with E-state index in [1.807, 2.05) is 12.1 Å². The van der Waals surface area contributed by atoms with Crippen LogP contribution < -0.4 is 5.73 Å². The van der Waals surface area contributed by atoms with E-state index in [4.69, 9.17) is 10.2 Å². The topological polar surface area (TPSA) is 42.4 Å². The maximum Gasteiger partial charge on any atom is 0.134 e. The smallest absolute Gasteiger partial charge is 0.134 e. The number of benzene rings is 1. The molecule has 2 aromatic rings. The third kappa shape index (κ3) is 2.15. The van der Waals surface area contributed by atoms with Gasteiger partial charge in [0.1, 0.15) is 11.3 Å². The summed E-state index contributed by atoms with van der Waals surface area (Å²) in [5.74, 6) is 2.49. The Morgan fingerprint density at radius 1 is 1.25 bits per heavy atom. The summed E-state index contributed by atoms with van der Waals surface area (Å²) in [4.78, 5) is 2.53. The Hall–Kier alpha value is -1.32. The Labute approximate surface area is 120 Å². The molecule has 1 aliphatic rings. The van der Waals surface area contributed by atoms with Crippen LogP contribution in [0.4, 0.5) is 0 Å². The van der Waals surface area contributed by atoms with E-state index in [9.17, 15) is 0 Å². The highest BCUT2D eigenvalue weighted by Crippen LogP contribution is 2.36. The first kappa shape index (κ1) is 13.7. The van der Waals surface area contributed by atoms with E-state index < -0.39 is 0 Å². The molecule has 1 fully saturated rings. The average molecular weight is 272 g/mol. The predicted molar refractivity (Wildman–Crippen MR) is 82.6 cm³/mol. The van der Waals surface area contributed by atoms with Crippen LogP contribution in [0.2, 0.25) is 0 Å². The van der Waals surface area contributed by atoms with Gasteiger partial charge in [-0.3, -0.25) is 4.90 Å². The lowest BCUT2D eigenvalue weighted by atomic mass is 10.0. The number of hydrogen-bond acceptors (Lipinski definition) is 3. The van der Waals surface area contributed by atoms with Gasteiger partial charge in [-0.2, -0.15) is 0 Å². The number of fused-ring (bicyclic) bond motifs is 1. The summed E-state index contributed by atoms with van der Waals surface area (Å²) < 4.78 is 5.91. The first-order chi connectivity index (χ1) is 9.61. The van der Waals surface area contributed by atoms with Crippen molar-refractivity contribution in [1.82, 2.24) is 4.90 Å². The molecule has 1 aromatic heterocycles. The van der Waals surface area contributed by atoms with Crippen molar-refractivity contribution in [3.05, 3.63) is 35.6 Å². The molecule has 0 spiro atoms. The molecule has 2 heterocycles. The van der Waals surface area contributed by atoms with Crippen LogP contribution in [0, 0.1) is 18.8 Å². The molecule has 0 aliphatic carbocycles. The van der Waals surface area contributed by atoms with Crippen molar-refractivity contribution >= 4 is 11.0 Å². The Morgan fingerprint density at radius 3 is 2.55 bits per heavy atom. The lowest BCUT2D eigenvalue weighted by molar-refractivity contribution is 0.239. The van der Waals surface area contributed by atoms with Crippen LogP contribution in [-0.4, -0.2) is 24.5 Å². The van der Waals surface area contributed by atoms with Gasteiger partial charge in [-0.05, 0) is 24.8 Å². The Morgan fingerprint density at radius 2 is 1.90 bits per heavy atom. The minimum atomic E-state index is 0.269. The summed E-state index contributed by atoms with van der Waals surface area (Å²) in [5, 5.41) is 1.22. The number of hydrogen-bond donors (Lipinski definition) is 1. The van der Waals surface area contributed by atoms with Gasteiger partial charge < -0.3 is 10.2 Å². The summed E-state index contributed by atoms with van der Waals surface area (Å²) in [5.41, 5.74) is 8.36. The van der Waals surface area contributed by atoms with Gasteiger partial charge in [0, 0.05) is 30.6 Å². The molecule has 0 bridgehead atoms. The van der Waals surface area contributed by atoms with Crippen LogP contribution in [0.3, 0.4) is 0 Å². The normalized spacial score (nSPS) is 25.4. The van der Waals surface area contributed by atoms with E-state index >= 15 is 0 Å². The van der Waals surface area contributed by atoms with E-state index in [0.29, 0.717) is 6.54 Å². The van der Waals surface area contributed by atoms with Crippen molar-refractivity contribution in [2.45, 2.75) is 26.8 Å². The van der Waals surface area contributed by atoms with E-state index in [1.54, 1.807) is 0 Å². The zero-order chi connectivity index (χ0) is 14.3. The largest absolute Gasteiger partial charge is 0.461 e. The molecular weight excluding hydrogens is 248 g/mol. The minimum absolute atomic E-state index is 0.269. The van der Waals surface area contributed by atoms with Crippen LogP contribution in [0.5, 0.6) is 0 Å².